The average Bonchev–Trinajstić information content (AvgIpc) is 2.55. The Kier molecular flexibility index (Phi) is 8.41. The third-order valence-electron chi connectivity index (χ3n) is 3.35. The van der Waals surface area contributed by atoms with Crippen LogP contribution >= 0.6 is 0 Å². The summed E-state index contributed by atoms with van der Waals surface area (Å²) in [4.78, 5) is 16.6. The van der Waals surface area contributed by atoms with Gasteiger partial charge in [0.15, 0.2) is 0 Å². The van der Waals surface area contributed by atoms with Gasteiger partial charge < -0.3 is 5.32 Å². The van der Waals surface area contributed by atoms with Crippen molar-refractivity contribution < 1.29 is 9.18 Å². The van der Waals surface area contributed by atoms with Crippen molar-refractivity contribution in [2.24, 2.45) is 4.99 Å². The van der Waals surface area contributed by atoms with E-state index in [1.807, 2.05) is 19.1 Å². The number of halogens is 1. The molecule has 1 N–H and O–H groups in total. The van der Waals surface area contributed by atoms with Crippen LogP contribution in [0.3, 0.4) is 0 Å². The second-order valence-corrected chi connectivity index (χ2v) is 5.32. The summed E-state index contributed by atoms with van der Waals surface area (Å²) in [7, 11) is 0. The summed E-state index contributed by atoms with van der Waals surface area (Å²) in [5, 5.41) is 2.68. The molecule has 0 atom stereocenters. The largest absolute Gasteiger partial charge is 0.322 e. The topological polar surface area (TPSA) is 41.5 Å². The number of hydrogen-bond acceptors (Lipinski definition) is 2. The number of hydrogen-bond donors (Lipinski definition) is 1. The SMILES string of the molecule is C/C=C\C(=C/CC)CN=C/C(=C\C)C(=O)Nc1ccc(C)c(F)c1. The number of anilines is 1. The van der Waals surface area contributed by atoms with E-state index in [1.165, 1.54) is 6.07 Å². The van der Waals surface area contributed by atoms with Crippen LogP contribution in [0.4, 0.5) is 10.1 Å². The van der Waals surface area contributed by atoms with Gasteiger partial charge in [-0.1, -0.05) is 37.3 Å². The molecular weight excluding hydrogens is 303 g/mol. The Morgan fingerprint density at radius 2 is 2.08 bits per heavy atom. The lowest BCUT2D eigenvalue weighted by Crippen LogP contribution is -2.15. The van der Waals surface area contributed by atoms with Gasteiger partial charge in [0, 0.05) is 11.9 Å². The van der Waals surface area contributed by atoms with E-state index in [2.05, 4.69) is 23.3 Å². The first-order valence-corrected chi connectivity index (χ1v) is 8.07. The lowest BCUT2D eigenvalue weighted by Gasteiger charge is -2.06. The van der Waals surface area contributed by atoms with Gasteiger partial charge in [0.1, 0.15) is 5.82 Å². The highest BCUT2D eigenvalue weighted by molar-refractivity contribution is 6.17. The molecule has 0 heterocycles. The van der Waals surface area contributed by atoms with Crippen molar-refractivity contribution in [1.82, 2.24) is 0 Å². The lowest BCUT2D eigenvalue weighted by atomic mass is 10.2. The number of rotatable bonds is 7. The predicted octanol–water partition coefficient (Wildman–Crippen LogP) is 5.00. The van der Waals surface area contributed by atoms with Crippen molar-refractivity contribution in [3.05, 3.63) is 65.0 Å². The van der Waals surface area contributed by atoms with Crippen LogP contribution in [0.5, 0.6) is 0 Å². The quantitative estimate of drug-likeness (QED) is 0.427. The predicted molar refractivity (Wildman–Crippen MR) is 100 cm³/mol. The number of nitrogens with zero attached hydrogens (tertiary/aromatic N) is 1. The molecule has 0 radical (unpaired) electrons. The van der Waals surface area contributed by atoms with Crippen LogP contribution in [-0.2, 0) is 4.79 Å². The third-order valence-corrected chi connectivity index (χ3v) is 3.35. The molecule has 1 rings (SSSR count). The van der Waals surface area contributed by atoms with E-state index < -0.39 is 0 Å². The van der Waals surface area contributed by atoms with Crippen molar-refractivity contribution in [2.45, 2.75) is 34.1 Å². The summed E-state index contributed by atoms with van der Waals surface area (Å²) in [6, 6.07) is 4.62. The van der Waals surface area contributed by atoms with Gasteiger partial charge in [0.2, 0.25) is 0 Å². The minimum absolute atomic E-state index is 0.309. The fourth-order valence-electron chi connectivity index (χ4n) is 2.05. The Morgan fingerprint density at radius 1 is 1.33 bits per heavy atom. The van der Waals surface area contributed by atoms with Crippen LogP contribution in [0.25, 0.3) is 0 Å². The van der Waals surface area contributed by atoms with Gasteiger partial charge in [-0.15, -0.1) is 0 Å². The van der Waals surface area contributed by atoms with E-state index in [1.54, 1.807) is 38.3 Å². The van der Waals surface area contributed by atoms with Gasteiger partial charge in [-0.2, -0.15) is 0 Å². The molecule has 24 heavy (non-hydrogen) atoms. The maximum atomic E-state index is 13.5. The van der Waals surface area contributed by atoms with Gasteiger partial charge in [0.05, 0.1) is 12.1 Å². The molecular formula is C20H25FN2O. The number of aryl methyl sites for hydroxylation is 1. The molecule has 0 aliphatic heterocycles. The van der Waals surface area contributed by atoms with Crippen molar-refractivity contribution in [3.63, 3.8) is 0 Å². The molecule has 128 valence electrons. The van der Waals surface area contributed by atoms with E-state index in [0.29, 0.717) is 23.4 Å². The Balaban J connectivity index is 2.75. The summed E-state index contributed by atoms with van der Waals surface area (Å²) < 4.78 is 13.5. The number of amides is 1. The molecule has 0 saturated heterocycles. The number of aliphatic imine (C=N–C) groups is 1. The molecule has 0 aliphatic rings. The number of carbonyl (C=O) groups excluding carboxylic acids is 1. The van der Waals surface area contributed by atoms with Crippen molar-refractivity contribution in [3.8, 4) is 0 Å². The molecule has 0 unspecified atom stereocenters. The van der Waals surface area contributed by atoms with Gasteiger partial charge in [-0.3, -0.25) is 9.79 Å². The first-order valence-electron chi connectivity index (χ1n) is 8.07. The molecule has 1 aromatic carbocycles. The Hall–Kier alpha value is -2.49. The maximum Gasteiger partial charge on any atom is 0.256 e. The second-order valence-electron chi connectivity index (χ2n) is 5.32. The number of benzene rings is 1. The monoisotopic (exact) mass is 328 g/mol. The molecule has 4 heteroatoms. The van der Waals surface area contributed by atoms with Gasteiger partial charge in [0.25, 0.3) is 5.91 Å². The number of carbonyl (C=O) groups is 1. The Labute approximate surface area is 143 Å². The Bertz CT molecular complexity index is 685. The van der Waals surface area contributed by atoms with Crippen LogP contribution in [-0.4, -0.2) is 18.7 Å². The first-order chi connectivity index (χ1) is 11.5. The third kappa shape index (κ3) is 6.32. The molecule has 0 saturated carbocycles. The van der Waals surface area contributed by atoms with Crippen molar-refractivity contribution >= 4 is 17.8 Å². The fourth-order valence-corrected chi connectivity index (χ4v) is 2.05. The first kappa shape index (κ1) is 19.6. The molecule has 0 spiro atoms. The highest BCUT2D eigenvalue weighted by Crippen LogP contribution is 2.14. The minimum atomic E-state index is -0.343. The molecule has 3 nitrogen and oxygen atoms in total. The Morgan fingerprint density at radius 3 is 2.67 bits per heavy atom. The molecule has 0 aliphatic carbocycles. The minimum Gasteiger partial charge on any atom is -0.322 e. The fraction of sp³-hybridized carbons (Fsp3) is 0.300. The zero-order valence-corrected chi connectivity index (χ0v) is 14.8. The highest BCUT2D eigenvalue weighted by atomic mass is 19.1. The van der Waals surface area contributed by atoms with E-state index in [4.69, 9.17) is 0 Å². The zero-order chi connectivity index (χ0) is 17.9. The average molecular weight is 328 g/mol. The summed E-state index contributed by atoms with van der Waals surface area (Å²) in [5.41, 5.74) is 2.51. The summed E-state index contributed by atoms with van der Waals surface area (Å²) >= 11 is 0. The highest BCUT2D eigenvalue weighted by Gasteiger charge is 2.08. The maximum absolute atomic E-state index is 13.5. The second kappa shape index (κ2) is 10.3. The van der Waals surface area contributed by atoms with Gasteiger partial charge in [-0.05, 0) is 50.5 Å². The molecule has 0 fully saturated rings. The van der Waals surface area contributed by atoms with E-state index in [9.17, 15) is 9.18 Å². The number of nitrogens with one attached hydrogen (secondary N) is 1. The van der Waals surface area contributed by atoms with E-state index in [-0.39, 0.29) is 11.7 Å². The number of allylic oxidation sites excluding steroid dienone is 3. The zero-order valence-electron chi connectivity index (χ0n) is 14.8. The van der Waals surface area contributed by atoms with Crippen LogP contribution in [0.15, 0.2) is 58.6 Å². The van der Waals surface area contributed by atoms with Gasteiger partial charge in [-0.25, -0.2) is 4.39 Å². The molecule has 1 aromatic rings. The van der Waals surface area contributed by atoms with Crippen molar-refractivity contribution in [2.75, 3.05) is 11.9 Å². The van der Waals surface area contributed by atoms with Gasteiger partial charge >= 0.3 is 0 Å². The van der Waals surface area contributed by atoms with Crippen molar-refractivity contribution in [1.29, 1.82) is 0 Å². The smallest absolute Gasteiger partial charge is 0.256 e. The summed E-state index contributed by atoms with van der Waals surface area (Å²) in [5.74, 6) is -0.652. The molecule has 0 bridgehead atoms. The van der Waals surface area contributed by atoms with E-state index >= 15 is 0 Å². The van der Waals surface area contributed by atoms with Crippen LogP contribution in [0.1, 0.15) is 32.8 Å². The molecule has 0 aromatic heterocycles. The normalized spacial score (nSPS) is 13.0. The van der Waals surface area contributed by atoms with Crippen LogP contribution < -0.4 is 5.32 Å². The summed E-state index contributed by atoms with van der Waals surface area (Å²) in [6.07, 6.45) is 10.2. The van der Waals surface area contributed by atoms with Crippen LogP contribution in [0, 0.1) is 12.7 Å². The standard InChI is InChI=1S/C20H25FN2O/c1-5-8-16(9-6-2)13-22-14-17(7-3)20(24)23-18-11-10-15(4)19(21)12-18/h5,7-12,14H,6,13H2,1-4H3,(H,23,24)/b8-5-,16-9+,17-7+,22-14?. The van der Waals surface area contributed by atoms with E-state index in [0.717, 1.165) is 12.0 Å². The van der Waals surface area contributed by atoms with Crippen LogP contribution in [0.2, 0.25) is 0 Å². The molecule has 1 amide bonds. The lowest BCUT2D eigenvalue weighted by molar-refractivity contribution is -0.112. The summed E-state index contributed by atoms with van der Waals surface area (Å²) in [6.45, 7) is 7.99.